The summed E-state index contributed by atoms with van der Waals surface area (Å²) in [4.78, 5) is 18.6. The number of nitrogens with zero attached hydrogens (tertiary/aromatic N) is 2. The number of guanidine groups is 1. The van der Waals surface area contributed by atoms with Crippen molar-refractivity contribution in [2.75, 3.05) is 26.7 Å². The first-order valence-corrected chi connectivity index (χ1v) is 9.64. The van der Waals surface area contributed by atoms with Crippen molar-refractivity contribution in [2.24, 2.45) is 10.9 Å². The number of hydrogen-bond donors (Lipinski definition) is 3. The maximum Gasteiger partial charge on any atom is 0.225 e. The smallest absolute Gasteiger partial charge is 0.225 e. The summed E-state index contributed by atoms with van der Waals surface area (Å²) in [6, 6.07) is 5.40. The van der Waals surface area contributed by atoms with E-state index >= 15 is 0 Å². The summed E-state index contributed by atoms with van der Waals surface area (Å²) in [6.45, 7) is 8.54. The fourth-order valence-electron chi connectivity index (χ4n) is 3.10. The van der Waals surface area contributed by atoms with Gasteiger partial charge in [0.15, 0.2) is 5.96 Å². The first-order chi connectivity index (χ1) is 12.9. The lowest BCUT2D eigenvalue weighted by atomic mass is 10.0. The van der Waals surface area contributed by atoms with E-state index in [0.717, 1.165) is 32.5 Å². The van der Waals surface area contributed by atoms with Crippen LogP contribution in [0.2, 0.25) is 0 Å². The maximum atomic E-state index is 12.1. The number of methoxy groups -OCH3 is 1. The highest BCUT2D eigenvalue weighted by molar-refractivity contribution is 5.80. The minimum absolute atomic E-state index is 0.0453. The number of piperidine rings is 1. The van der Waals surface area contributed by atoms with Crippen LogP contribution in [0.15, 0.2) is 23.2 Å². The summed E-state index contributed by atoms with van der Waals surface area (Å²) in [7, 11) is 1.60. The SMILES string of the molecule is CCNC(=NCc1cc(OC)ccc1O)NC1CCN(C(=O)C(C)C)CC1. The maximum absolute atomic E-state index is 12.1. The van der Waals surface area contributed by atoms with Crippen LogP contribution < -0.4 is 15.4 Å². The number of phenols is 1. The number of aromatic hydroxyl groups is 1. The highest BCUT2D eigenvalue weighted by atomic mass is 16.5. The Kier molecular flexibility index (Phi) is 7.76. The molecule has 1 amide bonds. The second-order valence-electron chi connectivity index (χ2n) is 7.09. The van der Waals surface area contributed by atoms with Crippen molar-refractivity contribution >= 4 is 11.9 Å². The van der Waals surface area contributed by atoms with Crippen LogP contribution in [0, 0.1) is 5.92 Å². The first kappa shape index (κ1) is 20.9. The third-order valence-electron chi connectivity index (χ3n) is 4.68. The highest BCUT2D eigenvalue weighted by Crippen LogP contribution is 2.23. The number of likely N-dealkylation sites (tertiary alicyclic amines) is 1. The van der Waals surface area contributed by atoms with Crippen LogP contribution in [0.4, 0.5) is 0 Å². The first-order valence-electron chi connectivity index (χ1n) is 9.64. The third kappa shape index (κ3) is 6.05. The molecule has 0 aliphatic carbocycles. The normalized spacial score (nSPS) is 15.7. The fourth-order valence-corrected chi connectivity index (χ4v) is 3.10. The predicted molar refractivity (Wildman–Crippen MR) is 107 cm³/mol. The minimum atomic E-state index is 0.0453. The van der Waals surface area contributed by atoms with E-state index in [9.17, 15) is 9.90 Å². The molecule has 0 bridgehead atoms. The molecule has 1 aromatic carbocycles. The van der Waals surface area contributed by atoms with Gasteiger partial charge in [-0.3, -0.25) is 4.79 Å². The van der Waals surface area contributed by atoms with Gasteiger partial charge in [-0.05, 0) is 38.0 Å². The van der Waals surface area contributed by atoms with Crippen molar-refractivity contribution in [3.05, 3.63) is 23.8 Å². The number of amides is 1. The van der Waals surface area contributed by atoms with E-state index in [1.165, 1.54) is 0 Å². The number of ether oxygens (including phenoxy) is 1. The van der Waals surface area contributed by atoms with Gasteiger partial charge in [0.25, 0.3) is 0 Å². The number of carbonyl (C=O) groups excluding carboxylic acids is 1. The van der Waals surface area contributed by atoms with E-state index in [0.29, 0.717) is 23.8 Å². The Labute approximate surface area is 161 Å². The summed E-state index contributed by atoms with van der Waals surface area (Å²) in [5.41, 5.74) is 0.712. The van der Waals surface area contributed by atoms with Crippen LogP contribution >= 0.6 is 0 Å². The molecule has 0 spiro atoms. The monoisotopic (exact) mass is 376 g/mol. The minimum Gasteiger partial charge on any atom is -0.508 e. The van der Waals surface area contributed by atoms with Crippen LogP contribution in [-0.4, -0.2) is 54.7 Å². The van der Waals surface area contributed by atoms with Gasteiger partial charge in [0.1, 0.15) is 11.5 Å². The van der Waals surface area contributed by atoms with Gasteiger partial charge in [-0.15, -0.1) is 0 Å². The number of nitrogens with one attached hydrogen (secondary N) is 2. The molecule has 0 saturated carbocycles. The topological polar surface area (TPSA) is 86.2 Å². The van der Waals surface area contributed by atoms with Gasteiger partial charge in [0.2, 0.25) is 5.91 Å². The molecule has 0 aromatic heterocycles. The second-order valence-corrected chi connectivity index (χ2v) is 7.09. The summed E-state index contributed by atoms with van der Waals surface area (Å²) >= 11 is 0. The fraction of sp³-hybridized carbons (Fsp3) is 0.600. The van der Waals surface area contributed by atoms with E-state index in [2.05, 4.69) is 15.6 Å². The van der Waals surface area contributed by atoms with Crippen LogP contribution in [-0.2, 0) is 11.3 Å². The van der Waals surface area contributed by atoms with Crippen LogP contribution in [0.25, 0.3) is 0 Å². The largest absolute Gasteiger partial charge is 0.508 e. The Morgan fingerprint density at radius 3 is 2.67 bits per heavy atom. The molecule has 0 atom stereocenters. The molecule has 1 aliphatic heterocycles. The molecule has 0 radical (unpaired) electrons. The molecule has 150 valence electrons. The van der Waals surface area contributed by atoms with Crippen LogP contribution in [0.3, 0.4) is 0 Å². The van der Waals surface area contributed by atoms with Crippen molar-refractivity contribution in [3.8, 4) is 11.5 Å². The summed E-state index contributed by atoms with van der Waals surface area (Å²) in [5, 5.41) is 16.7. The van der Waals surface area contributed by atoms with E-state index in [4.69, 9.17) is 4.74 Å². The van der Waals surface area contributed by atoms with Crippen LogP contribution in [0.5, 0.6) is 11.5 Å². The van der Waals surface area contributed by atoms with Gasteiger partial charge in [-0.2, -0.15) is 0 Å². The molecular formula is C20H32N4O3. The summed E-state index contributed by atoms with van der Waals surface area (Å²) in [6.07, 6.45) is 1.79. The van der Waals surface area contributed by atoms with Crippen molar-refractivity contribution in [3.63, 3.8) is 0 Å². The second kappa shape index (κ2) is 10.0. The lowest BCUT2D eigenvalue weighted by Crippen LogP contribution is -2.50. The van der Waals surface area contributed by atoms with Crippen LogP contribution in [0.1, 0.15) is 39.2 Å². The summed E-state index contributed by atoms with van der Waals surface area (Å²) < 4.78 is 5.21. The molecule has 1 aromatic rings. The number of phenolic OH excluding ortho intramolecular Hbond substituents is 1. The average molecular weight is 377 g/mol. The van der Waals surface area contributed by atoms with Crippen molar-refractivity contribution in [1.82, 2.24) is 15.5 Å². The molecule has 1 heterocycles. The zero-order valence-electron chi connectivity index (χ0n) is 16.8. The zero-order chi connectivity index (χ0) is 19.8. The van der Waals surface area contributed by atoms with E-state index < -0.39 is 0 Å². The lowest BCUT2D eigenvalue weighted by molar-refractivity contribution is -0.135. The molecule has 2 rings (SSSR count). The Morgan fingerprint density at radius 1 is 1.37 bits per heavy atom. The predicted octanol–water partition coefficient (Wildman–Crippen LogP) is 2.10. The van der Waals surface area contributed by atoms with Gasteiger partial charge < -0.3 is 25.4 Å². The molecule has 7 heteroatoms. The molecule has 1 aliphatic rings. The van der Waals surface area contributed by atoms with E-state index in [-0.39, 0.29) is 23.6 Å². The Hall–Kier alpha value is -2.44. The van der Waals surface area contributed by atoms with Gasteiger partial charge in [-0.25, -0.2) is 4.99 Å². The third-order valence-corrected chi connectivity index (χ3v) is 4.68. The molecule has 7 nitrogen and oxygen atoms in total. The van der Waals surface area contributed by atoms with Crippen molar-refractivity contribution < 1.29 is 14.6 Å². The molecule has 1 fully saturated rings. The highest BCUT2D eigenvalue weighted by Gasteiger charge is 2.24. The standard InChI is InChI=1S/C20H32N4O3/c1-5-21-20(22-13-15-12-17(27-4)6-7-18(15)25)23-16-8-10-24(11-9-16)19(26)14(2)3/h6-7,12,14,16,25H,5,8-11,13H2,1-4H3,(H2,21,22,23). The molecule has 3 N–H and O–H groups in total. The average Bonchev–Trinajstić information content (AvgIpc) is 2.67. The lowest BCUT2D eigenvalue weighted by Gasteiger charge is -2.34. The van der Waals surface area contributed by atoms with Gasteiger partial charge >= 0.3 is 0 Å². The molecule has 1 saturated heterocycles. The zero-order valence-corrected chi connectivity index (χ0v) is 16.8. The molecule has 0 unspecified atom stereocenters. The quantitative estimate of drug-likeness (QED) is 0.523. The van der Waals surface area contributed by atoms with Gasteiger partial charge in [0.05, 0.1) is 13.7 Å². The summed E-state index contributed by atoms with van der Waals surface area (Å²) in [5.74, 6) is 1.88. The van der Waals surface area contributed by atoms with Gasteiger partial charge in [0, 0.05) is 37.2 Å². The Morgan fingerprint density at radius 2 is 2.07 bits per heavy atom. The van der Waals surface area contributed by atoms with Crippen molar-refractivity contribution in [1.29, 1.82) is 0 Å². The number of hydrogen-bond acceptors (Lipinski definition) is 4. The number of carbonyl (C=O) groups is 1. The van der Waals surface area contributed by atoms with Crippen molar-refractivity contribution in [2.45, 2.75) is 46.2 Å². The van der Waals surface area contributed by atoms with E-state index in [1.807, 2.05) is 25.7 Å². The number of aliphatic imine (C=N–C) groups is 1. The van der Waals surface area contributed by atoms with E-state index in [1.54, 1.807) is 25.3 Å². The Bertz CT molecular complexity index is 653. The number of benzene rings is 1. The van der Waals surface area contributed by atoms with Gasteiger partial charge in [-0.1, -0.05) is 13.8 Å². The molecular weight excluding hydrogens is 344 g/mol. The Balaban J connectivity index is 1.96. The number of rotatable bonds is 6. The molecule has 27 heavy (non-hydrogen) atoms.